The number of aromatic nitrogens is 4. The number of nitrogens with zero attached hydrogens (tertiary/aromatic N) is 6. The van der Waals surface area contributed by atoms with Crippen molar-refractivity contribution in [2.75, 3.05) is 31.1 Å². The summed E-state index contributed by atoms with van der Waals surface area (Å²) in [5.41, 5.74) is 2.23. The summed E-state index contributed by atoms with van der Waals surface area (Å²) in [6, 6.07) is 10.3. The van der Waals surface area contributed by atoms with Crippen LogP contribution in [0.2, 0.25) is 0 Å². The Morgan fingerprint density at radius 1 is 1.00 bits per heavy atom. The highest BCUT2D eigenvalue weighted by atomic mass is 16.2. The fourth-order valence-electron chi connectivity index (χ4n) is 4.43. The fourth-order valence-corrected chi connectivity index (χ4v) is 4.43. The van der Waals surface area contributed by atoms with Crippen LogP contribution in [0.4, 0.5) is 5.69 Å². The van der Waals surface area contributed by atoms with Crippen LogP contribution in [0, 0.1) is 5.92 Å². The largest absolute Gasteiger partial charge is 0.367 e. The van der Waals surface area contributed by atoms with E-state index in [0.717, 1.165) is 63.3 Å². The molecule has 1 fully saturated rings. The van der Waals surface area contributed by atoms with Gasteiger partial charge in [-0.15, -0.1) is 10.2 Å². The molecule has 0 bridgehead atoms. The van der Waals surface area contributed by atoms with Gasteiger partial charge in [-0.1, -0.05) is 18.2 Å². The molecule has 3 aromatic rings. The Labute approximate surface area is 164 Å². The van der Waals surface area contributed by atoms with Crippen molar-refractivity contribution in [3.05, 3.63) is 48.7 Å². The molecule has 0 aliphatic carbocycles. The standard InChI is InChI=1S/C21H24N6O/c28-21(16-5-6-20-24-23-15-27(20)10-8-16)26-13-11-25(12-14-26)19-7-9-22-18-4-2-1-3-17(18)19/h1-4,7,9,15-16H,5-6,8,10-14H2. The van der Waals surface area contributed by atoms with Gasteiger partial charge in [0.2, 0.25) is 5.91 Å². The van der Waals surface area contributed by atoms with E-state index < -0.39 is 0 Å². The van der Waals surface area contributed by atoms with Gasteiger partial charge in [-0.05, 0) is 25.0 Å². The molecule has 0 spiro atoms. The number of carbonyl (C=O) groups excluding carboxylic acids is 1. The van der Waals surface area contributed by atoms with E-state index in [9.17, 15) is 4.79 Å². The second-order valence-corrected chi connectivity index (χ2v) is 7.62. The first-order valence-electron chi connectivity index (χ1n) is 10.0. The fraction of sp³-hybridized carbons (Fsp3) is 0.429. The average Bonchev–Trinajstić information content (AvgIpc) is 3.11. The molecule has 4 heterocycles. The Balaban J connectivity index is 1.24. The molecule has 2 aromatic heterocycles. The molecule has 1 atom stereocenters. The Bertz CT molecular complexity index is 963. The Morgan fingerprint density at radius 3 is 2.75 bits per heavy atom. The second kappa shape index (κ2) is 7.22. The molecule has 5 rings (SSSR count). The normalized spacial score (nSPS) is 20.1. The van der Waals surface area contributed by atoms with E-state index in [-0.39, 0.29) is 5.92 Å². The van der Waals surface area contributed by atoms with Gasteiger partial charge in [0, 0.05) is 62.3 Å². The number of fused-ring (bicyclic) bond motifs is 2. The lowest BCUT2D eigenvalue weighted by Crippen LogP contribution is -2.50. The third-order valence-corrected chi connectivity index (χ3v) is 6.04. The number of benzene rings is 1. The zero-order chi connectivity index (χ0) is 18.9. The highest BCUT2D eigenvalue weighted by Gasteiger charge is 2.29. The number of carbonyl (C=O) groups is 1. The lowest BCUT2D eigenvalue weighted by atomic mass is 9.98. The van der Waals surface area contributed by atoms with Crippen molar-refractivity contribution in [2.45, 2.75) is 25.8 Å². The molecule has 2 aliphatic rings. The Morgan fingerprint density at radius 2 is 1.86 bits per heavy atom. The molecule has 2 aliphatic heterocycles. The number of piperazine rings is 1. The van der Waals surface area contributed by atoms with E-state index in [1.54, 1.807) is 6.33 Å². The number of amides is 1. The third-order valence-electron chi connectivity index (χ3n) is 6.04. The zero-order valence-corrected chi connectivity index (χ0v) is 15.9. The highest BCUT2D eigenvalue weighted by Crippen LogP contribution is 2.27. The van der Waals surface area contributed by atoms with Gasteiger partial charge < -0.3 is 14.4 Å². The maximum absolute atomic E-state index is 13.1. The summed E-state index contributed by atoms with van der Waals surface area (Å²) in [6.07, 6.45) is 6.23. The first-order valence-corrected chi connectivity index (χ1v) is 10.0. The van der Waals surface area contributed by atoms with Gasteiger partial charge >= 0.3 is 0 Å². The monoisotopic (exact) mass is 376 g/mol. The minimum Gasteiger partial charge on any atom is -0.367 e. The lowest BCUT2D eigenvalue weighted by Gasteiger charge is -2.38. The lowest BCUT2D eigenvalue weighted by molar-refractivity contribution is -0.136. The SMILES string of the molecule is O=C(C1CCc2nncn2CC1)N1CCN(c2ccnc3ccccc23)CC1. The number of hydrogen-bond acceptors (Lipinski definition) is 5. The van der Waals surface area contributed by atoms with E-state index in [2.05, 4.69) is 47.7 Å². The first-order chi connectivity index (χ1) is 13.8. The average molecular weight is 376 g/mol. The summed E-state index contributed by atoms with van der Waals surface area (Å²) in [4.78, 5) is 22.0. The van der Waals surface area contributed by atoms with Gasteiger partial charge in [0.15, 0.2) is 0 Å². The summed E-state index contributed by atoms with van der Waals surface area (Å²) in [5.74, 6) is 1.40. The molecule has 7 heteroatoms. The maximum atomic E-state index is 13.1. The highest BCUT2D eigenvalue weighted by molar-refractivity contribution is 5.91. The van der Waals surface area contributed by atoms with Gasteiger partial charge in [-0.3, -0.25) is 9.78 Å². The number of rotatable bonds is 2. The molecule has 1 aromatic carbocycles. The summed E-state index contributed by atoms with van der Waals surface area (Å²) in [7, 11) is 0. The molecule has 1 amide bonds. The van der Waals surface area contributed by atoms with Gasteiger partial charge in [0.25, 0.3) is 0 Å². The van der Waals surface area contributed by atoms with Crippen LogP contribution in [-0.4, -0.2) is 56.7 Å². The summed E-state index contributed by atoms with van der Waals surface area (Å²) in [6.45, 7) is 4.10. The first kappa shape index (κ1) is 17.2. The number of para-hydroxylation sites is 1. The van der Waals surface area contributed by atoms with Crippen molar-refractivity contribution < 1.29 is 4.79 Å². The summed E-state index contributed by atoms with van der Waals surface area (Å²) in [5, 5.41) is 9.32. The van der Waals surface area contributed by atoms with E-state index in [1.165, 1.54) is 11.1 Å². The molecule has 0 radical (unpaired) electrons. The smallest absolute Gasteiger partial charge is 0.225 e. The number of hydrogen-bond donors (Lipinski definition) is 0. The van der Waals surface area contributed by atoms with Crippen LogP contribution in [0.1, 0.15) is 18.7 Å². The van der Waals surface area contributed by atoms with Crippen molar-refractivity contribution in [3.63, 3.8) is 0 Å². The van der Waals surface area contributed by atoms with Crippen molar-refractivity contribution in [2.24, 2.45) is 5.92 Å². The molecule has 0 saturated carbocycles. The molecular weight excluding hydrogens is 352 g/mol. The molecule has 1 unspecified atom stereocenters. The van der Waals surface area contributed by atoms with Crippen LogP contribution < -0.4 is 4.90 Å². The van der Waals surface area contributed by atoms with Crippen LogP contribution in [0.3, 0.4) is 0 Å². The van der Waals surface area contributed by atoms with E-state index in [0.29, 0.717) is 5.91 Å². The molecule has 28 heavy (non-hydrogen) atoms. The van der Waals surface area contributed by atoms with Crippen LogP contribution in [-0.2, 0) is 17.8 Å². The minimum absolute atomic E-state index is 0.0926. The van der Waals surface area contributed by atoms with Gasteiger partial charge in [0.1, 0.15) is 12.2 Å². The zero-order valence-electron chi connectivity index (χ0n) is 15.9. The Kier molecular flexibility index (Phi) is 4.43. The van der Waals surface area contributed by atoms with E-state index in [1.807, 2.05) is 18.3 Å². The number of anilines is 1. The third kappa shape index (κ3) is 3.10. The van der Waals surface area contributed by atoms with E-state index >= 15 is 0 Å². The van der Waals surface area contributed by atoms with Crippen molar-refractivity contribution in [1.82, 2.24) is 24.6 Å². The van der Waals surface area contributed by atoms with Crippen LogP contribution in [0.5, 0.6) is 0 Å². The van der Waals surface area contributed by atoms with E-state index in [4.69, 9.17) is 0 Å². The molecule has 1 saturated heterocycles. The minimum atomic E-state index is 0.0926. The summed E-state index contributed by atoms with van der Waals surface area (Å²) >= 11 is 0. The van der Waals surface area contributed by atoms with Crippen molar-refractivity contribution >= 4 is 22.5 Å². The molecule has 7 nitrogen and oxygen atoms in total. The second-order valence-electron chi connectivity index (χ2n) is 7.62. The molecule has 0 N–H and O–H groups in total. The van der Waals surface area contributed by atoms with Crippen LogP contribution in [0.15, 0.2) is 42.9 Å². The molecular formula is C21H24N6O. The van der Waals surface area contributed by atoms with Gasteiger partial charge in [0.05, 0.1) is 5.52 Å². The van der Waals surface area contributed by atoms with Crippen LogP contribution >= 0.6 is 0 Å². The predicted molar refractivity (Wildman–Crippen MR) is 107 cm³/mol. The molecule has 144 valence electrons. The maximum Gasteiger partial charge on any atom is 0.225 e. The number of pyridine rings is 1. The van der Waals surface area contributed by atoms with Crippen molar-refractivity contribution in [1.29, 1.82) is 0 Å². The Hall–Kier alpha value is -2.96. The van der Waals surface area contributed by atoms with Gasteiger partial charge in [-0.2, -0.15) is 0 Å². The van der Waals surface area contributed by atoms with Gasteiger partial charge in [-0.25, -0.2) is 0 Å². The van der Waals surface area contributed by atoms with Crippen LogP contribution in [0.25, 0.3) is 10.9 Å². The quantitative estimate of drug-likeness (QED) is 0.685. The number of aryl methyl sites for hydroxylation is 2. The predicted octanol–water partition coefficient (Wildman–Crippen LogP) is 2.13. The topological polar surface area (TPSA) is 67.2 Å². The van der Waals surface area contributed by atoms with Crippen molar-refractivity contribution in [3.8, 4) is 0 Å². The summed E-state index contributed by atoms with van der Waals surface area (Å²) < 4.78 is 2.08.